The van der Waals surface area contributed by atoms with Crippen LogP contribution >= 0.6 is 0 Å². The van der Waals surface area contributed by atoms with Gasteiger partial charge in [-0.1, -0.05) is 19.0 Å². The van der Waals surface area contributed by atoms with Gasteiger partial charge in [0.1, 0.15) is 11.8 Å². The molecule has 2 aliphatic heterocycles. The van der Waals surface area contributed by atoms with Crippen molar-refractivity contribution in [3.8, 4) is 0 Å². The van der Waals surface area contributed by atoms with Crippen LogP contribution in [0.1, 0.15) is 48.9 Å². The van der Waals surface area contributed by atoms with Gasteiger partial charge in [0, 0.05) is 44.7 Å². The zero-order valence-electron chi connectivity index (χ0n) is 13.7. The van der Waals surface area contributed by atoms with Gasteiger partial charge in [-0.25, -0.2) is 0 Å². The number of nitrogens with zero attached hydrogens (tertiary/aromatic N) is 3. The van der Waals surface area contributed by atoms with Crippen molar-refractivity contribution in [2.45, 2.75) is 38.6 Å². The van der Waals surface area contributed by atoms with Gasteiger partial charge in [0.2, 0.25) is 5.91 Å². The molecule has 7 heteroatoms. The second-order valence-electron chi connectivity index (χ2n) is 6.52. The molecule has 3 heterocycles. The van der Waals surface area contributed by atoms with E-state index in [2.05, 4.69) is 10.5 Å². The van der Waals surface area contributed by atoms with Crippen LogP contribution in [0.2, 0.25) is 0 Å². The largest absolute Gasteiger partial charge is 0.360 e. The minimum absolute atomic E-state index is 0.0376. The van der Waals surface area contributed by atoms with Crippen LogP contribution < -0.4 is 5.32 Å². The molecule has 0 aliphatic carbocycles. The van der Waals surface area contributed by atoms with E-state index >= 15 is 0 Å². The van der Waals surface area contributed by atoms with Crippen molar-refractivity contribution in [1.29, 1.82) is 0 Å². The minimum atomic E-state index is -0.450. The molecule has 1 atom stereocenters. The molecule has 126 valence electrons. The molecule has 0 spiro atoms. The van der Waals surface area contributed by atoms with Crippen LogP contribution in [-0.2, 0) is 4.79 Å². The molecule has 0 aromatic carbocycles. The summed E-state index contributed by atoms with van der Waals surface area (Å²) in [7, 11) is 0. The quantitative estimate of drug-likeness (QED) is 0.892. The van der Waals surface area contributed by atoms with Gasteiger partial charge in [0.15, 0.2) is 5.69 Å². The second-order valence-corrected chi connectivity index (χ2v) is 6.52. The number of rotatable bonds is 3. The molecule has 2 fully saturated rings. The zero-order chi connectivity index (χ0) is 16.4. The zero-order valence-corrected chi connectivity index (χ0v) is 13.7. The molecule has 0 radical (unpaired) electrons. The van der Waals surface area contributed by atoms with Gasteiger partial charge in [0.05, 0.1) is 0 Å². The Hall–Kier alpha value is -1.89. The average molecular weight is 320 g/mol. The highest BCUT2D eigenvalue weighted by atomic mass is 16.5. The molecule has 2 saturated heterocycles. The van der Waals surface area contributed by atoms with Crippen molar-refractivity contribution in [3.05, 3.63) is 17.5 Å². The van der Waals surface area contributed by atoms with Crippen LogP contribution in [0.5, 0.6) is 0 Å². The third-order valence-electron chi connectivity index (χ3n) is 4.52. The van der Waals surface area contributed by atoms with Crippen molar-refractivity contribution in [2.24, 2.45) is 0 Å². The Morgan fingerprint density at radius 1 is 1.30 bits per heavy atom. The van der Waals surface area contributed by atoms with Crippen molar-refractivity contribution < 1.29 is 14.1 Å². The van der Waals surface area contributed by atoms with Crippen LogP contribution in [0.15, 0.2) is 10.6 Å². The summed E-state index contributed by atoms with van der Waals surface area (Å²) in [4.78, 5) is 29.0. The van der Waals surface area contributed by atoms with Gasteiger partial charge in [-0.2, -0.15) is 0 Å². The lowest BCUT2D eigenvalue weighted by Gasteiger charge is -2.36. The monoisotopic (exact) mass is 320 g/mol. The maximum Gasteiger partial charge on any atom is 0.276 e. The summed E-state index contributed by atoms with van der Waals surface area (Å²) in [5, 5.41) is 7.11. The summed E-state index contributed by atoms with van der Waals surface area (Å²) in [5.41, 5.74) is 0.287. The van der Waals surface area contributed by atoms with Gasteiger partial charge >= 0.3 is 0 Å². The molecule has 0 saturated carbocycles. The molecule has 7 nitrogen and oxygen atoms in total. The van der Waals surface area contributed by atoms with Crippen LogP contribution in [0.25, 0.3) is 0 Å². The minimum Gasteiger partial charge on any atom is -0.360 e. The maximum absolute atomic E-state index is 12.8. The van der Waals surface area contributed by atoms with Crippen molar-refractivity contribution >= 4 is 11.8 Å². The first-order valence-electron chi connectivity index (χ1n) is 8.35. The highest BCUT2D eigenvalue weighted by molar-refractivity contribution is 5.96. The Labute approximate surface area is 136 Å². The fourth-order valence-electron chi connectivity index (χ4n) is 3.13. The van der Waals surface area contributed by atoms with Crippen LogP contribution in [0.4, 0.5) is 0 Å². The van der Waals surface area contributed by atoms with E-state index in [4.69, 9.17) is 4.52 Å². The summed E-state index contributed by atoms with van der Waals surface area (Å²) >= 11 is 0. The number of hydrogen-bond donors (Lipinski definition) is 1. The molecule has 1 aromatic heterocycles. The third-order valence-corrected chi connectivity index (χ3v) is 4.52. The summed E-state index contributed by atoms with van der Waals surface area (Å²) in [5.74, 6) is 0.676. The summed E-state index contributed by atoms with van der Waals surface area (Å²) in [6, 6.07) is 1.24. The lowest BCUT2D eigenvalue weighted by molar-refractivity contribution is -0.135. The second kappa shape index (κ2) is 6.70. The first-order chi connectivity index (χ1) is 11.1. The molecule has 0 bridgehead atoms. The van der Waals surface area contributed by atoms with Crippen LogP contribution in [-0.4, -0.2) is 65.5 Å². The lowest BCUT2D eigenvalue weighted by atomic mass is 10.1. The van der Waals surface area contributed by atoms with Gasteiger partial charge in [0.25, 0.3) is 5.91 Å². The van der Waals surface area contributed by atoms with E-state index in [9.17, 15) is 9.59 Å². The number of hydrogen-bond acceptors (Lipinski definition) is 5. The highest BCUT2D eigenvalue weighted by Gasteiger charge is 2.36. The Balaban J connectivity index is 1.76. The van der Waals surface area contributed by atoms with E-state index in [1.807, 2.05) is 18.7 Å². The molecule has 1 N–H and O–H groups in total. The SMILES string of the molecule is CC(C)c1cc(C(=O)N2CCNC[C@@H]2C(=O)N2CCCC2)no1. The molecule has 23 heavy (non-hydrogen) atoms. The van der Waals surface area contributed by atoms with Gasteiger partial charge < -0.3 is 19.6 Å². The molecule has 3 rings (SSSR count). The molecule has 2 aliphatic rings. The molecule has 2 amide bonds. The Morgan fingerprint density at radius 2 is 2.04 bits per heavy atom. The van der Waals surface area contributed by atoms with Crippen LogP contribution in [0, 0.1) is 0 Å². The number of piperazine rings is 1. The topological polar surface area (TPSA) is 78.7 Å². The fourth-order valence-corrected chi connectivity index (χ4v) is 3.13. The van der Waals surface area contributed by atoms with E-state index in [0.717, 1.165) is 25.9 Å². The fraction of sp³-hybridized carbons (Fsp3) is 0.688. The maximum atomic E-state index is 12.8. The Morgan fingerprint density at radius 3 is 2.70 bits per heavy atom. The first-order valence-corrected chi connectivity index (χ1v) is 8.35. The predicted octanol–water partition coefficient (Wildman–Crippen LogP) is 0.834. The van der Waals surface area contributed by atoms with Gasteiger partial charge in [-0.3, -0.25) is 9.59 Å². The lowest BCUT2D eigenvalue weighted by Crippen LogP contribution is -2.59. The third kappa shape index (κ3) is 3.24. The average Bonchev–Trinajstić information content (AvgIpc) is 3.24. The van der Waals surface area contributed by atoms with E-state index in [1.54, 1.807) is 11.0 Å². The van der Waals surface area contributed by atoms with Crippen LogP contribution in [0.3, 0.4) is 0 Å². The molecule has 1 aromatic rings. The predicted molar refractivity (Wildman–Crippen MR) is 84.1 cm³/mol. The first kappa shape index (κ1) is 16.0. The standard InChI is InChI=1S/C16H24N4O3/c1-11(2)14-9-12(18-23-14)15(21)20-8-5-17-10-13(20)16(22)19-6-3-4-7-19/h9,11,13,17H,3-8,10H2,1-2H3/t13-/m1/s1. The summed E-state index contributed by atoms with van der Waals surface area (Å²) in [6.45, 7) is 7.24. The van der Waals surface area contributed by atoms with E-state index in [-0.39, 0.29) is 23.4 Å². The van der Waals surface area contributed by atoms with Crippen molar-refractivity contribution in [3.63, 3.8) is 0 Å². The molecular formula is C16H24N4O3. The Kier molecular flexibility index (Phi) is 4.66. The van der Waals surface area contributed by atoms with Crippen molar-refractivity contribution in [1.82, 2.24) is 20.3 Å². The number of aromatic nitrogens is 1. The smallest absolute Gasteiger partial charge is 0.276 e. The van der Waals surface area contributed by atoms with Crippen molar-refractivity contribution in [2.75, 3.05) is 32.7 Å². The number of amides is 2. The molecule has 0 unspecified atom stereocenters. The van der Waals surface area contributed by atoms with E-state index in [0.29, 0.717) is 25.4 Å². The van der Waals surface area contributed by atoms with Gasteiger partial charge in [-0.05, 0) is 12.8 Å². The number of likely N-dealkylation sites (tertiary alicyclic amines) is 1. The highest BCUT2D eigenvalue weighted by Crippen LogP contribution is 2.19. The summed E-state index contributed by atoms with van der Waals surface area (Å²) < 4.78 is 5.23. The number of carbonyl (C=O) groups excluding carboxylic acids is 2. The molecular weight excluding hydrogens is 296 g/mol. The number of nitrogens with one attached hydrogen (secondary N) is 1. The van der Waals surface area contributed by atoms with E-state index in [1.165, 1.54) is 0 Å². The number of carbonyl (C=O) groups is 2. The van der Waals surface area contributed by atoms with Gasteiger partial charge in [-0.15, -0.1) is 0 Å². The summed E-state index contributed by atoms with van der Waals surface area (Å²) in [6.07, 6.45) is 2.09. The normalized spacial score (nSPS) is 22.0. The Bertz CT molecular complexity index is 578. The van der Waals surface area contributed by atoms with E-state index < -0.39 is 6.04 Å².